The summed E-state index contributed by atoms with van der Waals surface area (Å²) in [5, 5.41) is 5.59. The van der Waals surface area contributed by atoms with Crippen molar-refractivity contribution in [2.45, 2.75) is 26.4 Å². The van der Waals surface area contributed by atoms with Crippen molar-refractivity contribution in [3.8, 4) is 0 Å². The zero-order valence-corrected chi connectivity index (χ0v) is 15.7. The van der Waals surface area contributed by atoms with E-state index in [1.807, 2.05) is 0 Å². The molecule has 2 aromatic rings. The van der Waals surface area contributed by atoms with Gasteiger partial charge in [0.15, 0.2) is 17.5 Å². The van der Waals surface area contributed by atoms with Crippen LogP contribution in [0.15, 0.2) is 47.6 Å². The van der Waals surface area contributed by atoms with Crippen LogP contribution >= 0.6 is 0 Å². The van der Waals surface area contributed by atoms with Crippen LogP contribution < -0.4 is 5.32 Å². The SMILES string of the molecule is CC(C)CON=C(NC(=O)Cc1ccccc1)c1c(C(F)(F)F)ccc(F)c1F. The number of benzene rings is 2. The van der Waals surface area contributed by atoms with Crippen molar-refractivity contribution in [2.24, 2.45) is 11.1 Å². The number of carbonyl (C=O) groups excluding carboxylic acids is 1. The molecule has 0 aromatic heterocycles. The molecule has 9 heteroatoms. The molecule has 0 spiro atoms. The fourth-order valence-corrected chi connectivity index (χ4v) is 2.36. The molecule has 156 valence electrons. The highest BCUT2D eigenvalue weighted by Gasteiger charge is 2.37. The zero-order valence-electron chi connectivity index (χ0n) is 15.7. The molecule has 0 bridgehead atoms. The van der Waals surface area contributed by atoms with Crippen LogP contribution in [0, 0.1) is 17.6 Å². The molecular weight excluding hydrogens is 395 g/mol. The van der Waals surface area contributed by atoms with Gasteiger partial charge >= 0.3 is 6.18 Å². The second-order valence-corrected chi connectivity index (χ2v) is 6.62. The molecule has 1 amide bonds. The van der Waals surface area contributed by atoms with E-state index in [2.05, 4.69) is 10.5 Å². The van der Waals surface area contributed by atoms with Gasteiger partial charge in [0, 0.05) is 0 Å². The Balaban J connectivity index is 2.43. The second-order valence-electron chi connectivity index (χ2n) is 6.62. The molecule has 0 aliphatic rings. The molecule has 29 heavy (non-hydrogen) atoms. The minimum atomic E-state index is -5.01. The molecule has 0 aliphatic heterocycles. The maximum atomic E-state index is 14.3. The van der Waals surface area contributed by atoms with Gasteiger partial charge in [-0.05, 0) is 23.6 Å². The highest BCUT2D eigenvalue weighted by atomic mass is 19.4. The maximum Gasteiger partial charge on any atom is 0.417 e. The number of halogens is 5. The van der Waals surface area contributed by atoms with E-state index in [-0.39, 0.29) is 18.9 Å². The molecular formula is C20H19F5N2O2. The van der Waals surface area contributed by atoms with Crippen LogP contribution in [-0.4, -0.2) is 18.3 Å². The average Bonchev–Trinajstić information content (AvgIpc) is 2.62. The summed E-state index contributed by atoms with van der Waals surface area (Å²) in [5.74, 6) is -4.95. The number of carbonyl (C=O) groups is 1. The highest BCUT2D eigenvalue weighted by molar-refractivity contribution is 6.09. The quantitative estimate of drug-likeness (QED) is 0.323. The first kappa shape index (κ1) is 22.3. The van der Waals surface area contributed by atoms with E-state index in [0.717, 1.165) is 0 Å². The number of nitrogens with one attached hydrogen (secondary N) is 1. The third-order valence-electron chi connectivity index (χ3n) is 3.67. The smallest absolute Gasteiger partial charge is 0.394 e. The van der Waals surface area contributed by atoms with E-state index in [1.165, 1.54) is 0 Å². The van der Waals surface area contributed by atoms with E-state index >= 15 is 0 Å². The molecule has 0 saturated heterocycles. The lowest BCUT2D eigenvalue weighted by molar-refractivity contribution is -0.138. The van der Waals surface area contributed by atoms with Crippen LogP contribution in [0.5, 0.6) is 0 Å². The number of alkyl halides is 3. The number of amides is 1. The van der Waals surface area contributed by atoms with Crippen LogP contribution in [0.4, 0.5) is 22.0 Å². The maximum absolute atomic E-state index is 14.3. The molecule has 0 atom stereocenters. The lowest BCUT2D eigenvalue weighted by Gasteiger charge is -2.16. The third kappa shape index (κ3) is 6.27. The van der Waals surface area contributed by atoms with Crippen LogP contribution in [0.25, 0.3) is 0 Å². The number of hydrogen-bond donors (Lipinski definition) is 1. The summed E-state index contributed by atoms with van der Waals surface area (Å²) in [7, 11) is 0. The summed E-state index contributed by atoms with van der Waals surface area (Å²) in [4.78, 5) is 17.2. The molecule has 0 fully saturated rings. The normalized spacial score (nSPS) is 12.2. The summed E-state index contributed by atoms with van der Waals surface area (Å²) in [5.41, 5.74) is -2.13. The van der Waals surface area contributed by atoms with E-state index < -0.39 is 40.7 Å². The van der Waals surface area contributed by atoms with Crippen LogP contribution in [0.1, 0.15) is 30.5 Å². The van der Waals surface area contributed by atoms with Gasteiger partial charge in [-0.1, -0.05) is 49.3 Å². The Bertz CT molecular complexity index is 880. The van der Waals surface area contributed by atoms with E-state index in [0.29, 0.717) is 17.7 Å². The standard InChI is InChI=1S/C20H19F5N2O2/c1-12(2)11-29-27-19(26-16(28)10-13-6-4-3-5-7-13)17-14(20(23,24)25)8-9-15(21)18(17)22/h3-9,12H,10-11H2,1-2H3,(H,26,27,28). The van der Waals surface area contributed by atoms with Crippen molar-refractivity contribution in [1.29, 1.82) is 0 Å². The second kappa shape index (κ2) is 9.49. The first-order valence-corrected chi connectivity index (χ1v) is 8.69. The summed E-state index contributed by atoms with van der Waals surface area (Å²) in [6.07, 6.45) is -5.21. The number of rotatable bonds is 6. The predicted molar refractivity (Wildman–Crippen MR) is 97.0 cm³/mol. The van der Waals surface area contributed by atoms with Crippen LogP contribution in [0.2, 0.25) is 0 Å². The van der Waals surface area contributed by atoms with Gasteiger partial charge in [0.2, 0.25) is 5.91 Å². The van der Waals surface area contributed by atoms with Crippen molar-refractivity contribution in [2.75, 3.05) is 6.61 Å². The summed E-state index contributed by atoms with van der Waals surface area (Å²) in [6.45, 7) is 3.51. The number of amidine groups is 1. The zero-order chi connectivity index (χ0) is 21.6. The Labute approximate surface area is 164 Å². The highest BCUT2D eigenvalue weighted by Crippen LogP contribution is 2.34. The largest absolute Gasteiger partial charge is 0.417 e. The molecule has 0 heterocycles. The summed E-state index contributed by atoms with van der Waals surface area (Å²) < 4.78 is 68.1. The molecule has 2 aromatic carbocycles. The van der Waals surface area contributed by atoms with Gasteiger partial charge in [0.25, 0.3) is 0 Å². The van der Waals surface area contributed by atoms with Crippen molar-refractivity contribution in [3.05, 3.63) is 70.8 Å². The Hall–Kier alpha value is -2.97. The summed E-state index contributed by atoms with van der Waals surface area (Å²) >= 11 is 0. The first-order chi connectivity index (χ1) is 13.6. The fraction of sp³-hybridized carbons (Fsp3) is 0.300. The monoisotopic (exact) mass is 414 g/mol. The lowest BCUT2D eigenvalue weighted by atomic mass is 10.0. The molecule has 0 aliphatic carbocycles. The Kier molecular flexibility index (Phi) is 7.30. The topological polar surface area (TPSA) is 50.7 Å². The van der Waals surface area contributed by atoms with Gasteiger partial charge in [-0.3, -0.25) is 4.79 Å². The van der Waals surface area contributed by atoms with Crippen LogP contribution in [-0.2, 0) is 22.2 Å². The van der Waals surface area contributed by atoms with Gasteiger partial charge in [0.05, 0.1) is 17.5 Å². The fourth-order valence-electron chi connectivity index (χ4n) is 2.36. The Morgan fingerprint density at radius 3 is 2.34 bits per heavy atom. The average molecular weight is 414 g/mol. The van der Waals surface area contributed by atoms with Crippen molar-refractivity contribution in [3.63, 3.8) is 0 Å². The molecule has 4 nitrogen and oxygen atoms in total. The molecule has 0 unspecified atom stereocenters. The number of oxime groups is 1. The molecule has 0 radical (unpaired) electrons. The molecule has 0 saturated carbocycles. The molecule has 2 rings (SSSR count). The molecule has 1 N–H and O–H groups in total. The first-order valence-electron chi connectivity index (χ1n) is 8.69. The van der Waals surface area contributed by atoms with Crippen LogP contribution in [0.3, 0.4) is 0 Å². The van der Waals surface area contributed by atoms with Crippen molar-refractivity contribution >= 4 is 11.7 Å². The van der Waals surface area contributed by atoms with E-state index in [9.17, 15) is 26.7 Å². The summed E-state index contributed by atoms with van der Waals surface area (Å²) in [6, 6.07) is 9.10. The van der Waals surface area contributed by atoms with Crippen molar-refractivity contribution < 1.29 is 31.6 Å². The van der Waals surface area contributed by atoms with Gasteiger partial charge < -0.3 is 10.2 Å². The third-order valence-corrected chi connectivity index (χ3v) is 3.67. The predicted octanol–water partition coefficient (Wildman–Crippen LogP) is 4.68. The van der Waals surface area contributed by atoms with Gasteiger partial charge in [-0.15, -0.1) is 0 Å². The van der Waals surface area contributed by atoms with E-state index in [4.69, 9.17) is 4.84 Å². The van der Waals surface area contributed by atoms with E-state index in [1.54, 1.807) is 44.2 Å². The Morgan fingerprint density at radius 1 is 1.10 bits per heavy atom. The van der Waals surface area contributed by atoms with Crippen molar-refractivity contribution in [1.82, 2.24) is 5.32 Å². The number of hydrogen-bond acceptors (Lipinski definition) is 3. The van der Waals surface area contributed by atoms with Gasteiger partial charge in [-0.2, -0.15) is 13.2 Å². The Morgan fingerprint density at radius 2 is 1.76 bits per heavy atom. The number of nitrogens with zero attached hydrogens (tertiary/aromatic N) is 1. The minimum Gasteiger partial charge on any atom is -0.394 e. The minimum absolute atomic E-state index is 0.00363. The van der Waals surface area contributed by atoms with Gasteiger partial charge in [-0.25, -0.2) is 8.78 Å². The lowest BCUT2D eigenvalue weighted by Crippen LogP contribution is -2.35. The van der Waals surface area contributed by atoms with Gasteiger partial charge in [0.1, 0.15) is 6.61 Å².